The maximum atomic E-state index is 11.7. The van der Waals surface area contributed by atoms with Gasteiger partial charge in [-0.3, -0.25) is 4.21 Å². The number of hydrogen-bond donors (Lipinski definition) is 0. The van der Waals surface area contributed by atoms with Crippen LogP contribution in [-0.2, 0) is 10.8 Å². The molecule has 1 heterocycles. The molecule has 13 heavy (non-hydrogen) atoms. The van der Waals surface area contributed by atoms with E-state index < -0.39 is 10.8 Å². The summed E-state index contributed by atoms with van der Waals surface area (Å²) < 4.78 is 11.9. The van der Waals surface area contributed by atoms with Crippen LogP contribution in [0.15, 0.2) is 30.3 Å². The minimum atomic E-state index is -0.666. The van der Waals surface area contributed by atoms with Crippen molar-refractivity contribution in [3.8, 4) is 0 Å². The quantitative estimate of drug-likeness (QED) is 0.711. The summed E-state index contributed by atoms with van der Waals surface area (Å²) in [6.45, 7) is 0. The monoisotopic (exact) mass is 212 g/mol. The largest absolute Gasteiger partial charge is 0.258 e. The third-order valence-electron chi connectivity index (χ3n) is 2.07. The molecule has 0 aliphatic carbocycles. The summed E-state index contributed by atoms with van der Waals surface area (Å²) in [7, 11) is -0.666. The number of benzene rings is 1. The van der Waals surface area contributed by atoms with Crippen molar-refractivity contribution in [2.24, 2.45) is 0 Å². The van der Waals surface area contributed by atoms with E-state index in [1.165, 1.54) is 5.56 Å². The van der Waals surface area contributed by atoms with Crippen LogP contribution in [0, 0.1) is 0 Å². The Morgan fingerprint density at radius 1 is 1.31 bits per heavy atom. The average Bonchev–Trinajstić information content (AvgIpc) is 2.20. The van der Waals surface area contributed by atoms with Gasteiger partial charge in [0.25, 0.3) is 0 Å². The van der Waals surface area contributed by atoms with Crippen LogP contribution < -0.4 is 0 Å². The lowest BCUT2D eigenvalue weighted by molar-refractivity contribution is 0.679. The Labute approximate surface area is 85.4 Å². The lowest BCUT2D eigenvalue weighted by Gasteiger charge is -2.20. The molecule has 2 atom stereocenters. The topological polar surface area (TPSA) is 17.1 Å². The summed E-state index contributed by atoms with van der Waals surface area (Å²) in [5.74, 6) is 2.01. The van der Waals surface area contributed by atoms with E-state index in [2.05, 4.69) is 12.1 Å². The molecule has 0 aromatic heterocycles. The predicted molar refractivity (Wildman–Crippen MR) is 59.3 cm³/mol. The van der Waals surface area contributed by atoms with Gasteiger partial charge in [0.1, 0.15) is 4.58 Å². The third kappa shape index (κ3) is 2.15. The first-order valence-corrected chi connectivity index (χ1v) is 6.85. The Morgan fingerprint density at radius 2 is 2.08 bits per heavy atom. The SMILES string of the molecule is O=[S@@]1CCCSC1c1ccccc1. The van der Waals surface area contributed by atoms with Crippen molar-refractivity contribution in [2.75, 3.05) is 11.5 Å². The van der Waals surface area contributed by atoms with E-state index >= 15 is 0 Å². The highest BCUT2D eigenvalue weighted by Gasteiger charge is 2.22. The van der Waals surface area contributed by atoms with Gasteiger partial charge in [0, 0.05) is 16.6 Å². The summed E-state index contributed by atoms with van der Waals surface area (Å²) in [5.41, 5.74) is 1.21. The molecular formula is C10H12OS2. The molecule has 0 spiro atoms. The molecule has 0 radical (unpaired) electrons. The van der Waals surface area contributed by atoms with Crippen molar-refractivity contribution in [3.05, 3.63) is 35.9 Å². The maximum Gasteiger partial charge on any atom is 0.105 e. The standard InChI is InChI=1S/C10H12OS2/c11-13-8-4-7-12-10(13)9-5-2-1-3-6-9/h1-3,5-6,10H,4,7-8H2/t10?,13-/m1/s1. The number of hydrogen-bond acceptors (Lipinski definition) is 2. The van der Waals surface area contributed by atoms with Crippen molar-refractivity contribution in [1.82, 2.24) is 0 Å². The molecule has 0 bridgehead atoms. The van der Waals surface area contributed by atoms with Crippen molar-refractivity contribution in [2.45, 2.75) is 11.0 Å². The number of thioether (sulfide) groups is 1. The second kappa shape index (κ2) is 4.29. The average molecular weight is 212 g/mol. The summed E-state index contributed by atoms with van der Waals surface area (Å²) in [4.78, 5) is 0. The highest BCUT2D eigenvalue weighted by atomic mass is 32.2. The van der Waals surface area contributed by atoms with E-state index in [-0.39, 0.29) is 4.58 Å². The van der Waals surface area contributed by atoms with Crippen LogP contribution >= 0.6 is 11.8 Å². The van der Waals surface area contributed by atoms with E-state index in [1.54, 1.807) is 0 Å². The Kier molecular flexibility index (Phi) is 3.06. The van der Waals surface area contributed by atoms with Crippen molar-refractivity contribution in [3.63, 3.8) is 0 Å². The Bertz CT molecular complexity index is 297. The van der Waals surface area contributed by atoms with Gasteiger partial charge in [-0.05, 0) is 17.7 Å². The first-order valence-electron chi connectivity index (χ1n) is 4.41. The normalized spacial score (nSPS) is 28.6. The molecule has 1 unspecified atom stereocenters. The summed E-state index contributed by atoms with van der Waals surface area (Å²) in [6, 6.07) is 10.2. The van der Waals surface area contributed by atoms with Crippen molar-refractivity contribution < 1.29 is 4.21 Å². The van der Waals surface area contributed by atoms with Crippen molar-refractivity contribution in [1.29, 1.82) is 0 Å². The summed E-state index contributed by atoms with van der Waals surface area (Å²) >= 11 is 1.82. The van der Waals surface area contributed by atoms with E-state index in [0.29, 0.717) is 0 Å². The zero-order valence-corrected chi connectivity index (χ0v) is 8.94. The fraction of sp³-hybridized carbons (Fsp3) is 0.400. The van der Waals surface area contributed by atoms with Crippen LogP contribution in [0.5, 0.6) is 0 Å². The zero-order valence-electron chi connectivity index (χ0n) is 7.31. The Morgan fingerprint density at radius 3 is 2.77 bits per heavy atom. The van der Waals surface area contributed by atoms with Crippen LogP contribution in [0.3, 0.4) is 0 Å². The van der Waals surface area contributed by atoms with Gasteiger partial charge in [-0.15, -0.1) is 11.8 Å². The minimum absolute atomic E-state index is 0.218. The van der Waals surface area contributed by atoms with Gasteiger partial charge in [-0.1, -0.05) is 30.3 Å². The molecule has 1 aromatic carbocycles. The summed E-state index contributed by atoms with van der Waals surface area (Å²) in [5, 5.41) is 0. The first kappa shape index (κ1) is 9.28. The smallest absolute Gasteiger partial charge is 0.105 e. The zero-order chi connectivity index (χ0) is 9.10. The molecule has 1 aromatic rings. The van der Waals surface area contributed by atoms with Crippen LogP contribution in [0.1, 0.15) is 16.6 Å². The fourth-order valence-electron chi connectivity index (χ4n) is 1.43. The lowest BCUT2D eigenvalue weighted by atomic mass is 10.2. The second-order valence-electron chi connectivity index (χ2n) is 3.05. The molecule has 1 nitrogen and oxygen atoms in total. The third-order valence-corrected chi connectivity index (χ3v) is 5.66. The minimum Gasteiger partial charge on any atom is -0.258 e. The van der Waals surface area contributed by atoms with Gasteiger partial charge in [-0.2, -0.15) is 0 Å². The highest BCUT2D eigenvalue weighted by molar-refractivity contribution is 8.11. The van der Waals surface area contributed by atoms with Crippen LogP contribution in [0.4, 0.5) is 0 Å². The van der Waals surface area contributed by atoms with Gasteiger partial charge in [0.2, 0.25) is 0 Å². The van der Waals surface area contributed by atoms with E-state index in [9.17, 15) is 4.21 Å². The van der Waals surface area contributed by atoms with E-state index in [1.807, 2.05) is 30.0 Å². The molecule has 3 heteroatoms. The van der Waals surface area contributed by atoms with Crippen LogP contribution in [0.25, 0.3) is 0 Å². The predicted octanol–water partition coefficient (Wildman–Crippen LogP) is 2.57. The molecule has 0 saturated carbocycles. The molecule has 2 rings (SSSR count). The Hall–Kier alpha value is -0.280. The van der Waals surface area contributed by atoms with Gasteiger partial charge < -0.3 is 0 Å². The summed E-state index contributed by atoms with van der Waals surface area (Å²) in [6.07, 6.45) is 1.10. The number of rotatable bonds is 1. The second-order valence-corrected chi connectivity index (χ2v) is 6.20. The Balaban J connectivity index is 2.20. The van der Waals surface area contributed by atoms with Gasteiger partial charge >= 0.3 is 0 Å². The first-order chi connectivity index (χ1) is 6.38. The molecule has 0 amide bonds. The van der Waals surface area contributed by atoms with Gasteiger partial charge in [0.05, 0.1) is 0 Å². The molecule has 0 N–H and O–H groups in total. The van der Waals surface area contributed by atoms with Gasteiger partial charge in [-0.25, -0.2) is 0 Å². The van der Waals surface area contributed by atoms with Crippen molar-refractivity contribution >= 4 is 22.6 Å². The molecule has 1 aliphatic rings. The molecular weight excluding hydrogens is 200 g/mol. The lowest BCUT2D eigenvalue weighted by Crippen LogP contribution is -2.13. The molecule has 1 fully saturated rings. The van der Waals surface area contributed by atoms with E-state index in [4.69, 9.17) is 0 Å². The van der Waals surface area contributed by atoms with Crippen LogP contribution in [0.2, 0.25) is 0 Å². The molecule has 1 aliphatic heterocycles. The highest BCUT2D eigenvalue weighted by Crippen LogP contribution is 2.36. The van der Waals surface area contributed by atoms with Gasteiger partial charge in [0.15, 0.2) is 0 Å². The van der Waals surface area contributed by atoms with E-state index in [0.717, 1.165) is 17.9 Å². The maximum absolute atomic E-state index is 11.7. The van der Waals surface area contributed by atoms with Crippen LogP contribution in [-0.4, -0.2) is 15.7 Å². The fourth-order valence-corrected chi connectivity index (χ4v) is 4.78. The molecule has 1 saturated heterocycles. The molecule has 70 valence electrons.